The topological polar surface area (TPSA) is 44.8 Å². The third-order valence-electron chi connectivity index (χ3n) is 2.33. The maximum Gasteiger partial charge on any atom is 0.315 e. The molecule has 1 aromatic rings. The van der Waals surface area contributed by atoms with Crippen molar-refractivity contribution in [2.75, 3.05) is 13.7 Å². The maximum absolute atomic E-state index is 10.7. The van der Waals surface area contributed by atoms with Gasteiger partial charge in [0, 0.05) is 12.7 Å². The van der Waals surface area contributed by atoms with Gasteiger partial charge >= 0.3 is 6.48 Å². The van der Waals surface area contributed by atoms with Crippen molar-refractivity contribution >= 4 is 6.29 Å². The van der Waals surface area contributed by atoms with Crippen LogP contribution in [0.15, 0.2) is 12.1 Å². The second kappa shape index (κ2) is 6.37. The molecule has 0 aliphatic heterocycles. The zero-order chi connectivity index (χ0) is 12.8. The van der Waals surface area contributed by atoms with Crippen LogP contribution in [0, 0.1) is 13.8 Å². The van der Waals surface area contributed by atoms with Crippen LogP contribution in [0.5, 0.6) is 5.75 Å². The van der Waals surface area contributed by atoms with Gasteiger partial charge in [-0.3, -0.25) is 4.79 Å². The lowest BCUT2D eigenvalue weighted by atomic mass is 10.1. The number of aryl methyl sites for hydroxylation is 2. The Balaban J connectivity index is 2.93. The van der Waals surface area contributed by atoms with Crippen LogP contribution in [0.2, 0.25) is 0 Å². The molecule has 4 nitrogen and oxygen atoms in total. The molecule has 0 bridgehead atoms. The first-order chi connectivity index (χ1) is 8.12. The Kier molecular flexibility index (Phi) is 5.12. The summed E-state index contributed by atoms with van der Waals surface area (Å²) in [5.74, 6) is 0.691. The lowest BCUT2D eigenvalue weighted by molar-refractivity contribution is -0.231. The van der Waals surface area contributed by atoms with Crippen LogP contribution in [-0.4, -0.2) is 26.5 Å². The zero-order valence-electron chi connectivity index (χ0n) is 10.6. The van der Waals surface area contributed by atoms with Gasteiger partial charge in [0.05, 0.1) is 6.61 Å². The van der Waals surface area contributed by atoms with Crippen LogP contribution >= 0.6 is 0 Å². The number of benzene rings is 1. The Labute approximate surface area is 101 Å². The lowest BCUT2D eigenvalue weighted by Gasteiger charge is -2.19. The van der Waals surface area contributed by atoms with Crippen molar-refractivity contribution in [2.24, 2.45) is 0 Å². The quantitative estimate of drug-likeness (QED) is 0.564. The van der Waals surface area contributed by atoms with Crippen LogP contribution in [0.25, 0.3) is 0 Å². The summed E-state index contributed by atoms with van der Waals surface area (Å²) in [4.78, 5) is 10.7. The molecule has 0 fully saturated rings. The maximum atomic E-state index is 10.7. The summed E-state index contributed by atoms with van der Waals surface area (Å²) < 4.78 is 15.9. The van der Waals surface area contributed by atoms with Crippen molar-refractivity contribution < 1.29 is 19.0 Å². The van der Waals surface area contributed by atoms with Crippen LogP contribution < -0.4 is 4.74 Å². The first-order valence-electron chi connectivity index (χ1n) is 5.49. The average molecular weight is 238 g/mol. The summed E-state index contributed by atoms with van der Waals surface area (Å²) >= 11 is 0. The molecule has 1 atom stereocenters. The molecule has 1 aromatic carbocycles. The SMILES string of the molecule is CCOC(OC)Oc1c(C)cc(C=O)cc1C. The predicted molar refractivity (Wildman–Crippen MR) is 64.4 cm³/mol. The number of aldehydes is 1. The average Bonchev–Trinajstić information content (AvgIpc) is 2.31. The molecule has 0 N–H and O–H groups in total. The molecule has 0 amide bonds. The van der Waals surface area contributed by atoms with Crippen molar-refractivity contribution in [3.8, 4) is 5.75 Å². The molecule has 1 rings (SSSR count). The van der Waals surface area contributed by atoms with Gasteiger partial charge in [-0.1, -0.05) is 0 Å². The zero-order valence-corrected chi connectivity index (χ0v) is 10.6. The van der Waals surface area contributed by atoms with Gasteiger partial charge in [0.2, 0.25) is 0 Å². The monoisotopic (exact) mass is 238 g/mol. The minimum Gasteiger partial charge on any atom is -0.441 e. The fourth-order valence-electron chi connectivity index (χ4n) is 1.62. The first-order valence-corrected chi connectivity index (χ1v) is 5.49. The molecule has 1 unspecified atom stereocenters. The van der Waals surface area contributed by atoms with Crippen LogP contribution in [0.1, 0.15) is 28.4 Å². The van der Waals surface area contributed by atoms with Crippen molar-refractivity contribution in [3.63, 3.8) is 0 Å². The Morgan fingerprint density at radius 2 is 1.88 bits per heavy atom. The highest BCUT2D eigenvalue weighted by atomic mass is 16.8. The highest BCUT2D eigenvalue weighted by molar-refractivity contribution is 5.76. The van der Waals surface area contributed by atoms with Gasteiger partial charge in [0.25, 0.3) is 0 Å². The van der Waals surface area contributed by atoms with E-state index in [4.69, 9.17) is 14.2 Å². The van der Waals surface area contributed by atoms with Crippen molar-refractivity contribution in [1.29, 1.82) is 0 Å². The summed E-state index contributed by atoms with van der Waals surface area (Å²) in [5.41, 5.74) is 2.40. The Morgan fingerprint density at radius 3 is 2.29 bits per heavy atom. The van der Waals surface area contributed by atoms with E-state index < -0.39 is 6.48 Å². The van der Waals surface area contributed by atoms with E-state index >= 15 is 0 Å². The highest BCUT2D eigenvalue weighted by Crippen LogP contribution is 2.25. The third kappa shape index (κ3) is 3.54. The van der Waals surface area contributed by atoms with Gasteiger partial charge in [-0.15, -0.1) is 0 Å². The second-order valence-corrected chi connectivity index (χ2v) is 3.70. The number of hydrogen-bond acceptors (Lipinski definition) is 4. The van der Waals surface area contributed by atoms with Gasteiger partial charge < -0.3 is 14.2 Å². The molecular weight excluding hydrogens is 220 g/mol. The van der Waals surface area contributed by atoms with Crippen molar-refractivity contribution in [2.45, 2.75) is 27.2 Å². The van der Waals surface area contributed by atoms with Gasteiger partial charge in [-0.05, 0) is 44.0 Å². The predicted octanol–water partition coefficient (Wildman–Crippen LogP) is 2.46. The highest BCUT2D eigenvalue weighted by Gasteiger charge is 2.13. The van der Waals surface area contributed by atoms with Gasteiger partial charge in [-0.2, -0.15) is 0 Å². The largest absolute Gasteiger partial charge is 0.441 e. The summed E-state index contributed by atoms with van der Waals surface area (Å²) in [6.45, 7) is 5.41. The molecule has 0 heterocycles. The number of ether oxygens (including phenoxy) is 3. The summed E-state index contributed by atoms with van der Waals surface area (Å²) in [6.07, 6.45) is 0.820. The number of carbonyl (C=O) groups excluding carboxylic acids is 1. The van der Waals surface area contributed by atoms with Crippen LogP contribution in [0.3, 0.4) is 0 Å². The van der Waals surface area contributed by atoms with E-state index in [0.717, 1.165) is 17.4 Å². The third-order valence-corrected chi connectivity index (χ3v) is 2.33. The van der Waals surface area contributed by atoms with Crippen molar-refractivity contribution in [3.05, 3.63) is 28.8 Å². The summed E-state index contributed by atoms with van der Waals surface area (Å²) in [6, 6.07) is 3.54. The van der Waals surface area contributed by atoms with E-state index in [1.807, 2.05) is 20.8 Å². The van der Waals surface area contributed by atoms with E-state index in [2.05, 4.69) is 0 Å². The second-order valence-electron chi connectivity index (χ2n) is 3.70. The van der Waals surface area contributed by atoms with Gasteiger partial charge in [0.1, 0.15) is 12.0 Å². The van der Waals surface area contributed by atoms with E-state index in [1.165, 1.54) is 7.11 Å². The minimum absolute atomic E-state index is 0.503. The van der Waals surface area contributed by atoms with Gasteiger partial charge in [-0.25, -0.2) is 0 Å². The molecule has 0 aliphatic rings. The molecule has 94 valence electrons. The van der Waals surface area contributed by atoms with E-state index in [9.17, 15) is 4.79 Å². The van der Waals surface area contributed by atoms with E-state index in [-0.39, 0.29) is 0 Å². The molecule has 0 saturated heterocycles. The fourth-order valence-corrected chi connectivity index (χ4v) is 1.62. The number of rotatable bonds is 6. The Morgan fingerprint density at radius 1 is 1.29 bits per heavy atom. The Hall–Kier alpha value is -1.39. The number of methoxy groups -OCH3 is 1. The molecule has 0 spiro atoms. The molecule has 0 aliphatic carbocycles. The molecule has 0 saturated carbocycles. The lowest BCUT2D eigenvalue weighted by Crippen LogP contribution is -2.23. The van der Waals surface area contributed by atoms with Gasteiger partial charge in [0.15, 0.2) is 0 Å². The minimum atomic E-state index is -0.723. The number of hydrogen-bond donors (Lipinski definition) is 0. The Bertz CT molecular complexity index is 364. The summed E-state index contributed by atoms with van der Waals surface area (Å²) in [5, 5.41) is 0. The smallest absolute Gasteiger partial charge is 0.315 e. The normalized spacial score (nSPS) is 12.2. The first kappa shape index (κ1) is 13.7. The molecule has 0 radical (unpaired) electrons. The van der Waals surface area contributed by atoms with E-state index in [0.29, 0.717) is 17.9 Å². The summed E-state index contributed by atoms with van der Waals surface area (Å²) in [7, 11) is 1.52. The molecular formula is C13H18O4. The molecule has 4 heteroatoms. The fraction of sp³-hybridized carbons (Fsp3) is 0.462. The molecule has 0 aromatic heterocycles. The molecule has 17 heavy (non-hydrogen) atoms. The number of carbonyl (C=O) groups is 1. The van der Waals surface area contributed by atoms with Crippen LogP contribution in [0.4, 0.5) is 0 Å². The standard InChI is InChI=1S/C13H18O4/c1-5-16-13(15-4)17-12-9(2)6-11(8-14)7-10(12)3/h6-8,13H,5H2,1-4H3. The van der Waals surface area contributed by atoms with Crippen LogP contribution in [-0.2, 0) is 9.47 Å². The van der Waals surface area contributed by atoms with E-state index in [1.54, 1.807) is 12.1 Å². The van der Waals surface area contributed by atoms with Crippen molar-refractivity contribution in [1.82, 2.24) is 0 Å².